The summed E-state index contributed by atoms with van der Waals surface area (Å²) in [6.07, 6.45) is 4.01. The number of piperazine rings is 1. The summed E-state index contributed by atoms with van der Waals surface area (Å²) < 4.78 is 28.0. The first kappa shape index (κ1) is 22.9. The van der Waals surface area contributed by atoms with Crippen molar-refractivity contribution in [1.82, 2.24) is 10.2 Å². The summed E-state index contributed by atoms with van der Waals surface area (Å²) in [5.41, 5.74) is 0.328. The molecule has 0 radical (unpaired) electrons. The fraction of sp³-hybridized carbons (Fsp3) is 0.625. The Morgan fingerprint density at radius 1 is 1.13 bits per heavy atom. The summed E-state index contributed by atoms with van der Waals surface area (Å²) in [6, 6.07) is 2.15. The molecule has 1 aliphatic rings. The van der Waals surface area contributed by atoms with Crippen LogP contribution < -0.4 is 5.32 Å². The van der Waals surface area contributed by atoms with E-state index in [1.807, 2.05) is 0 Å². The molecule has 0 spiro atoms. The number of rotatable bonds is 6. The largest absolute Gasteiger partial charge is 0.314 e. The average Bonchev–Trinajstić information content (AvgIpc) is 2.51. The zero-order valence-corrected chi connectivity index (χ0v) is 15.7. The predicted octanol–water partition coefficient (Wildman–Crippen LogP) is 4.99. The van der Waals surface area contributed by atoms with Crippen LogP contribution in [0.15, 0.2) is 12.1 Å². The monoisotopic (exact) mass is 388 g/mol. The lowest BCUT2D eigenvalue weighted by molar-refractivity contribution is 0.159. The van der Waals surface area contributed by atoms with Crippen LogP contribution in [0.25, 0.3) is 0 Å². The summed E-state index contributed by atoms with van der Waals surface area (Å²) in [5.74, 6) is -0.940. The van der Waals surface area contributed by atoms with Crippen molar-refractivity contribution in [3.63, 3.8) is 0 Å². The van der Waals surface area contributed by atoms with E-state index < -0.39 is 11.6 Å². The van der Waals surface area contributed by atoms with Gasteiger partial charge in [0.05, 0.1) is 5.02 Å². The minimum absolute atomic E-state index is 0. The first-order chi connectivity index (χ1) is 10.1. The molecule has 0 amide bonds. The summed E-state index contributed by atoms with van der Waals surface area (Å²) in [5, 5.41) is 3.23. The lowest BCUT2D eigenvalue weighted by Gasteiger charge is -2.36. The van der Waals surface area contributed by atoms with Crippen LogP contribution in [0.3, 0.4) is 0 Å². The molecule has 1 aliphatic heterocycles. The quantitative estimate of drug-likeness (QED) is 0.545. The van der Waals surface area contributed by atoms with E-state index in [1.54, 1.807) is 0 Å². The zero-order valence-electron chi connectivity index (χ0n) is 13.3. The third-order valence-electron chi connectivity index (χ3n) is 4.09. The SMILES string of the molecule is CCCCC[C@H](c1c(F)ccc(F)c1Cl)N1CCNCC1.Cl.Cl. The highest BCUT2D eigenvalue weighted by molar-refractivity contribution is 6.31. The Hall–Kier alpha value is -0.130. The molecule has 134 valence electrons. The van der Waals surface area contributed by atoms with Crippen LogP contribution in [0, 0.1) is 11.6 Å². The highest BCUT2D eigenvalue weighted by Crippen LogP contribution is 2.35. The Labute approximate surface area is 154 Å². The Morgan fingerprint density at radius 3 is 2.35 bits per heavy atom. The maximum atomic E-state index is 14.3. The van der Waals surface area contributed by atoms with E-state index in [0.717, 1.165) is 57.9 Å². The molecule has 2 rings (SSSR count). The van der Waals surface area contributed by atoms with Crippen molar-refractivity contribution in [3.8, 4) is 0 Å². The van der Waals surface area contributed by atoms with Crippen LogP contribution in [-0.4, -0.2) is 31.1 Å². The average molecular weight is 390 g/mol. The number of hydrogen-bond acceptors (Lipinski definition) is 2. The zero-order chi connectivity index (χ0) is 15.2. The molecular weight excluding hydrogens is 365 g/mol. The van der Waals surface area contributed by atoms with Crippen molar-refractivity contribution in [3.05, 3.63) is 34.4 Å². The molecule has 1 heterocycles. The van der Waals surface area contributed by atoms with E-state index in [9.17, 15) is 8.78 Å². The predicted molar refractivity (Wildman–Crippen MR) is 97.2 cm³/mol. The second kappa shape index (κ2) is 11.4. The number of nitrogens with one attached hydrogen (secondary N) is 1. The molecule has 23 heavy (non-hydrogen) atoms. The fourth-order valence-corrected chi connectivity index (χ4v) is 3.22. The van der Waals surface area contributed by atoms with Crippen molar-refractivity contribution >= 4 is 36.4 Å². The van der Waals surface area contributed by atoms with E-state index in [4.69, 9.17) is 11.6 Å². The number of benzene rings is 1. The van der Waals surface area contributed by atoms with Gasteiger partial charge in [0.25, 0.3) is 0 Å². The Morgan fingerprint density at radius 2 is 1.74 bits per heavy atom. The Bertz CT molecular complexity index is 469. The third kappa shape index (κ3) is 6.02. The smallest absolute Gasteiger partial charge is 0.142 e. The van der Waals surface area contributed by atoms with E-state index in [2.05, 4.69) is 17.1 Å². The summed E-state index contributed by atoms with van der Waals surface area (Å²) >= 11 is 6.07. The Kier molecular flexibility index (Phi) is 11.4. The second-order valence-electron chi connectivity index (χ2n) is 5.55. The van der Waals surface area contributed by atoms with Gasteiger partial charge in [-0.1, -0.05) is 37.8 Å². The van der Waals surface area contributed by atoms with Gasteiger partial charge in [0.15, 0.2) is 0 Å². The molecule has 1 aromatic carbocycles. The fourth-order valence-electron chi connectivity index (χ4n) is 2.94. The van der Waals surface area contributed by atoms with Crippen molar-refractivity contribution in [2.24, 2.45) is 0 Å². The molecule has 1 N–H and O–H groups in total. The van der Waals surface area contributed by atoms with Gasteiger partial charge in [-0.2, -0.15) is 0 Å². The van der Waals surface area contributed by atoms with Crippen LogP contribution >= 0.6 is 36.4 Å². The first-order valence-electron chi connectivity index (χ1n) is 7.73. The van der Waals surface area contributed by atoms with Gasteiger partial charge in [0, 0.05) is 37.8 Å². The molecular formula is C16H25Cl3F2N2. The van der Waals surface area contributed by atoms with E-state index >= 15 is 0 Å². The molecule has 1 saturated heterocycles. The minimum Gasteiger partial charge on any atom is -0.314 e. The van der Waals surface area contributed by atoms with Gasteiger partial charge >= 0.3 is 0 Å². The van der Waals surface area contributed by atoms with Crippen LogP contribution in [0.2, 0.25) is 5.02 Å². The first-order valence-corrected chi connectivity index (χ1v) is 8.11. The van der Waals surface area contributed by atoms with E-state index in [-0.39, 0.29) is 35.9 Å². The van der Waals surface area contributed by atoms with E-state index in [0.29, 0.717) is 5.56 Å². The number of nitrogens with zero attached hydrogens (tertiary/aromatic N) is 1. The van der Waals surface area contributed by atoms with Gasteiger partial charge in [-0.05, 0) is 18.6 Å². The van der Waals surface area contributed by atoms with Crippen LogP contribution in [0.5, 0.6) is 0 Å². The minimum atomic E-state index is -0.538. The standard InChI is InChI=1S/C16H23ClF2N2.2ClH/c1-2-3-4-5-14(21-10-8-20-9-11-21)15-12(18)6-7-13(19)16(15)17;;/h6-7,14,20H,2-5,8-11H2,1H3;2*1H/t14-;;/m1../s1. The highest BCUT2D eigenvalue weighted by Gasteiger charge is 2.27. The summed E-state index contributed by atoms with van der Waals surface area (Å²) in [6.45, 7) is 5.55. The normalized spacial score (nSPS) is 16.3. The topological polar surface area (TPSA) is 15.3 Å². The second-order valence-corrected chi connectivity index (χ2v) is 5.93. The summed E-state index contributed by atoms with van der Waals surface area (Å²) in [7, 11) is 0. The van der Waals surface area contributed by atoms with Crippen molar-refractivity contribution in [1.29, 1.82) is 0 Å². The van der Waals surface area contributed by atoms with Crippen LogP contribution in [0.4, 0.5) is 8.78 Å². The molecule has 0 aromatic heterocycles. The lowest BCUT2D eigenvalue weighted by atomic mass is 9.97. The maximum Gasteiger partial charge on any atom is 0.142 e. The van der Waals surface area contributed by atoms with Crippen molar-refractivity contribution < 1.29 is 8.78 Å². The molecule has 7 heteroatoms. The van der Waals surface area contributed by atoms with Gasteiger partial charge in [-0.15, -0.1) is 24.8 Å². The molecule has 1 atom stereocenters. The molecule has 2 nitrogen and oxygen atoms in total. The summed E-state index contributed by atoms with van der Waals surface area (Å²) in [4.78, 5) is 2.22. The number of hydrogen-bond donors (Lipinski definition) is 1. The van der Waals surface area contributed by atoms with E-state index in [1.165, 1.54) is 6.07 Å². The van der Waals surface area contributed by atoms with Crippen molar-refractivity contribution in [2.45, 2.75) is 38.6 Å². The third-order valence-corrected chi connectivity index (χ3v) is 4.47. The molecule has 1 fully saturated rings. The van der Waals surface area contributed by atoms with Gasteiger partial charge in [-0.3, -0.25) is 4.90 Å². The Balaban J connectivity index is 0.00000242. The van der Waals surface area contributed by atoms with Crippen molar-refractivity contribution in [2.75, 3.05) is 26.2 Å². The van der Waals surface area contributed by atoms with Gasteiger partial charge in [0.1, 0.15) is 11.6 Å². The molecule has 0 saturated carbocycles. The highest BCUT2D eigenvalue weighted by atomic mass is 35.5. The molecule has 0 bridgehead atoms. The van der Waals surface area contributed by atoms with Gasteiger partial charge in [-0.25, -0.2) is 8.78 Å². The number of unbranched alkanes of at least 4 members (excludes halogenated alkanes) is 2. The molecule has 0 aliphatic carbocycles. The van der Waals surface area contributed by atoms with Gasteiger partial charge in [0.2, 0.25) is 0 Å². The van der Waals surface area contributed by atoms with Gasteiger partial charge < -0.3 is 5.32 Å². The van der Waals surface area contributed by atoms with Crippen LogP contribution in [0.1, 0.15) is 44.2 Å². The lowest BCUT2D eigenvalue weighted by Crippen LogP contribution is -2.45. The van der Waals surface area contributed by atoms with Crippen LogP contribution in [-0.2, 0) is 0 Å². The maximum absolute atomic E-state index is 14.3. The molecule has 1 aromatic rings. The number of halogens is 5. The molecule has 0 unspecified atom stereocenters.